The Labute approximate surface area is 110 Å². The maximum atomic E-state index is 3.88. The summed E-state index contributed by atoms with van der Waals surface area (Å²) in [6.07, 6.45) is 0. The zero-order valence-electron chi connectivity index (χ0n) is 11.9. The van der Waals surface area contributed by atoms with Gasteiger partial charge in [-0.3, -0.25) is 0 Å². The molecule has 1 nitrogen and oxygen atoms in total. The van der Waals surface area contributed by atoms with E-state index in [-0.39, 0.29) is 0 Å². The van der Waals surface area contributed by atoms with Gasteiger partial charge in [-0.2, -0.15) is 0 Å². The number of thiophene rings is 1. The molecule has 0 aliphatic heterocycles. The van der Waals surface area contributed by atoms with Crippen LogP contribution in [-0.2, 0) is 0 Å². The van der Waals surface area contributed by atoms with Crippen LogP contribution < -0.4 is 5.32 Å². The van der Waals surface area contributed by atoms with E-state index in [1.54, 1.807) is 0 Å². The van der Waals surface area contributed by atoms with Gasteiger partial charge in [-0.1, -0.05) is 47.6 Å². The van der Waals surface area contributed by atoms with Crippen LogP contribution in [0.15, 0.2) is 17.5 Å². The zero-order chi connectivity index (χ0) is 12.8. The van der Waals surface area contributed by atoms with E-state index in [9.17, 15) is 0 Å². The number of hydrogen-bond acceptors (Lipinski definition) is 2. The molecule has 96 valence electrons. The molecule has 1 aliphatic carbocycles. The first-order valence-electron chi connectivity index (χ1n) is 6.58. The van der Waals surface area contributed by atoms with Gasteiger partial charge >= 0.3 is 0 Å². The Balaban J connectivity index is 2.12. The Bertz CT molecular complexity index is 362. The van der Waals surface area contributed by atoms with Gasteiger partial charge in [-0.15, -0.1) is 11.3 Å². The Kier molecular flexibility index (Phi) is 3.16. The highest BCUT2D eigenvalue weighted by Gasteiger charge is 2.65. The molecule has 0 amide bonds. The molecule has 1 fully saturated rings. The highest BCUT2D eigenvalue weighted by Crippen LogP contribution is 2.63. The van der Waals surface area contributed by atoms with Crippen LogP contribution in [0.3, 0.4) is 0 Å². The van der Waals surface area contributed by atoms with Gasteiger partial charge in [0.15, 0.2) is 0 Å². The average molecular weight is 251 g/mol. The van der Waals surface area contributed by atoms with Crippen molar-refractivity contribution < 1.29 is 0 Å². The van der Waals surface area contributed by atoms with Gasteiger partial charge in [-0.25, -0.2) is 0 Å². The van der Waals surface area contributed by atoms with Gasteiger partial charge in [0.2, 0.25) is 0 Å². The number of rotatable bonds is 4. The summed E-state index contributed by atoms with van der Waals surface area (Å²) >= 11 is 1.87. The average Bonchev–Trinajstić information content (AvgIpc) is 2.64. The van der Waals surface area contributed by atoms with Crippen LogP contribution in [0, 0.1) is 16.7 Å². The van der Waals surface area contributed by atoms with Crippen LogP contribution >= 0.6 is 11.3 Å². The number of nitrogens with one attached hydrogen (secondary N) is 1. The predicted octanol–water partition coefficient (Wildman–Crippen LogP) is 4.47. The standard InChI is InChI=1S/C15H25NS/c1-10(2)12(11-8-7-9-17-11)16-13-14(3,4)15(13,5)6/h7-10,12-13,16H,1-6H3. The molecule has 1 saturated carbocycles. The van der Waals surface area contributed by atoms with Crippen molar-refractivity contribution in [3.63, 3.8) is 0 Å². The summed E-state index contributed by atoms with van der Waals surface area (Å²) in [6.45, 7) is 14.1. The Morgan fingerprint density at radius 1 is 1.18 bits per heavy atom. The second-order valence-corrected chi connectivity index (χ2v) is 7.76. The van der Waals surface area contributed by atoms with Crippen molar-refractivity contribution in [2.24, 2.45) is 16.7 Å². The molecular weight excluding hydrogens is 226 g/mol. The first kappa shape index (κ1) is 13.1. The van der Waals surface area contributed by atoms with Gasteiger partial charge in [0, 0.05) is 17.0 Å². The molecule has 1 aromatic rings. The maximum Gasteiger partial charge on any atom is 0.0440 e. The zero-order valence-corrected chi connectivity index (χ0v) is 12.7. The van der Waals surface area contributed by atoms with E-state index in [1.807, 2.05) is 11.3 Å². The van der Waals surface area contributed by atoms with Gasteiger partial charge in [0.25, 0.3) is 0 Å². The SMILES string of the molecule is CC(C)C(NC1C(C)(C)C1(C)C)c1cccs1. The third-order valence-electron chi connectivity index (χ3n) is 4.88. The van der Waals surface area contributed by atoms with Crippen molar-refractivity contribution in [2.75, 3.05) is 0 Å². The van der Waals surface area contributed by atoms with E-state index in [4.69, 9.17) is 0 Å². The first-order chi connectivity index (χ1) is 7.78. The van der Waals surface area contributed by atoms with E-state index in [1.165, 1.54) is 4.88 Å². The number of hydrogen-bond donors (Lipinski definition) is 1. The fraction of sp³-hybridized carbons (Fsp3) is 0.733. The quantitative estimate of drug-likeness (QED) is 0.832. The lowest BCUT2D eigenvalue weighted by Crippen LogP contribution is -2.30. The topological polar surface area (TPSA) is 12.0 Å². The normalized spacial score (nSPS) is 23.9. The molecule has 2 heteroatoms. The molecule has 0 saturated heterocycles. The Hall–Kier alpha value is -0.340. The lowest BCUT2D eigenvalue weighted by atomic mass is 10.0. The molecule has 0 radical (unpaired) electrons. The molecule has 0 spiro atoms. The van der Waals surface area contributed by atoms with Gasteiger partial charge in [0.05, 0.1) is 0 Å². The van der Waals surface area contributed by atoms with Gasteiger partial charge in [-0.05, 0) is 28.2 Å². The van der Waals surface area contributed by atoms with E-state index in [2.05, 4.69) is 64.4 Å². The highest BCUT2D eigenvalue weighted by atomic mass is 32.1. The molecule has 17 heavy (non-hydrogen) atoms. The molecule has 0 bridgehead atoms. The maximum absolute atomic E-state index is 3.88. The fourth-order valence-electron chi connectivity index (χ4n) is 2.86. The highest BCUT2D eigenvalue weighted by molar-refractivity contribution is 7.10. The van der Waals surface area contributed by atoms with Gasteiger partial charge < -0.3 is 5.32 Å². The summed E-state index contributed by atoms with van der Waals surface area (Å²) in [6, 6.07) is 5.54. The van der Waals surface area contributed by atoms with Crippen LogP contribution in [0.5, 0.6) is 0 Å². The van der Waals surface area contributed by atoms with E-state index >= 15 is 0 Å². The first-order valence-corrected chi connectivity index (χ1v) is 7.46. The summed E-state index contributed by atoms with van der Waals surface area (Å²) in [5.74, 6) is 0.640. The van der Waals surface area contributed by atoms with E-state index in [0.29, 0.717) is 28.8 Å². The smallest absolute Gasteiger partial charge is 0.0440 e. The van der Waals surface area contributed by atoms with Crippen LogP contribution in [0.2, 0.25) is 0 Å². The summed E-state index contributed by atoms with van der Waals surface area (Å²) in [5, 5.41) is 6.06. The molecule has 2 rings (SSSR count). The van der Waals surface area contributed by atoms with Crippen molar-refractivity contribution in [1.82, 2.24) is 5.32 Å². The van der Waals surface area contributed by atoms with E-state index in [0.717, 1.165) is 0 Å². The minimum Gasteiger partial charge on any atom is -0.305 e. The molecule has 1 aliphatic rings. The molecule has 1 N–H and O–H groups in total. The summed E-state index contributed by atoms with van der Waals surface area (Å²) in [4.78, 5) is 1.47. The molecule has 1 atom stereocenters. The van der Waals surface area contributed by atoms with Crippen molar-refractivity contribution in [3.8, 4) is 0 Å². The minimum absolute atomic E-state index is 0.414. The van der Waals surface area contributed by atoms with Crippen molar-refractivity contribution in [1.29, 1.82) is 0 Å². The molecule has 1 heterocycles. The lowest BCUT2D eigenvalue weighted by molar-refractivity contribution is 0.385. The summed E-state index contributed by atoms with van der Waals surface area (Å²) in [5.41, 5.74) is 0.828. The van der Waals surface area contributed by atoms with Crippen molar-refractivity contribution in [2.45, 2.75) is 53.6 Å². The summed E-state index contributed by atoms with van der Waals surface area (Å²) in [7, 11) is 0. The second-order valence-electron chi connectivity index (χ2n) is 6.78. The minimum atomic E-state index is 0.414. The fourth-order valence-corrected chi connectivity index (χ4v) is 3.82. The molecule has 0 aromatic carbocycles. The van der Waals surface area contributed by atoms with Gasteiger partial charge in [0.1, 0.15) is 0 Å². The largest absolute Gasteiger partial charge is 0.305 e. The second kappa shape index (κ2) is 4.10. The summed E-state index contributed by atoms with van der Waals surface area (Å²) < 4.78 is 0. The Morgan fingerprint density at radius 2 is 1.76 bits per heavy atom. The van der Waals surface area contributed by atoms with Crippen LogP contribution in [0.1, 0.15) is 52.5 Å². The lowest BCUT2D eigenvalue weighted by Gasteiger charge is -2.22. The predicted molar refractivity (Wildman–Crippen MR) is 76.4 cm³/mol. The van der Waals surface area contributed by atoms with Crippen LogP contribution in [-0.4, -0.2) is 6.04 Å². The third-order valence-corrected chi connectivity index (χ3v) is 5.84. The van der Waals surface area contributed by atoms with Crippen molar-refractivity contribution in [3.05, 3.63) is 22.4 Å². The van der Waals surface area contributed by atoms with E-state index < -0.39 is 0 Å². The van der Waals surface area contributed by atoms with Crippen LogP contribution in [0.4, 0.5) is 0 Å². The molecule has 1 unspecified atom stereocenters. The van der Waals surface area contributed by atoms with Crippen LogP contribution in [0.25, 0.3) is 0 Å². The third kappa shape index (κ3) is 2.06. The molecule has 1 aromatic heterocycles. The monoisotopic (exact) mass is 251 g/mol. The molecular formula is C15H25NS. The Morgan fingerprint density at radius 3 is 2.12 bits per heavy atom. The van der Waals surface area contributed by atoms with Crippen molar-refractivity contribution >= 4 is 11.3 Å².